The Bertz CT molecular complexity index is 1600. The summed E-state index contributed by atoms with van der Waals surface area (Å²) in [6.07, 6.45) is 3.13. The Hall–Kier alpha value is -4.39. The number of likely N-dealkylation sites (tertiary alicyclic amines) is 1. The number of fused-ring (bicyclic) bond motifs is 1. The lowest BCUT2D eigenvalue weighted by molar-refractivity contribution is 0.0695. The third-order valence-electron chi connectivity index (χ3n) is 6.97. The van der Waals surface area contributed by atoms with E-state index in [2.05, 4.69) is 9.97 Å². The fraction of sp³-hybridized carbons (Fsp3) is 0.207. The lowest BCUT2D eigenvalue weighted by atomic mass is 10.0. The van der Waals surface area contributed by atoms with Crippen molar-refractivity contribution in [2.75, 3.05) is 13.1 Å². The highest BCUT2D eigenvalue weighted by Gasteiger charge is 2.28. The van der Waals surface area contributed by atoms with E-state index in [1.807, 2.05) is 89.2 Å². The van der Waals surface area contributed by atoms with Crippen LogP contribution in [0.2, 0.25) is 0 Å². The van der Waals surface area contributed by atoms with E-state index in [-0.39, 0.29) is 17.6 Å². The van der Waals surface area contributed by atoms with Crippen molar-refractivity contribution in [2.45, 2.75) is 25.8 Å². The highest BCUT2D eigenvalue weighted by Crippen LogP contribution is 2.31. The molecule has 0 unspecified atom stereocenters. The standard InChI is InChI=1S/C29H26N4O3/c1-19-10-12-20(13-11-19)26-18-30-27(36-26)22-6-2-3-7-23(22)28(34)32-16-14-21(15-17-32)33-25-9-5-4-8-24(25)31-29(33)35/h2-13,18,21H,14-17H2,1H3,(H,31,35). The number of oxazole rings is 1. The van der Waals surface area contributed by atoms with Gasteiger partial charge in [-0.2, -0.15) is 0 Å². The van der Waals surface area contributed by atoms with Crippen molar-refractivity contribution in [3.05, 3.63) is 101 Å². The Labute approximate surface area is 208 Å². The Kier molecular flexibility index (Phi) is 5.52. The Morgan fingerprint density at radius 1 is 0.972 bits per heavy atom. The number of aromatic nitrogens is 3. The number of amides is 1. The largest absolute Gasteiger partial charge is 0.436 e. The summed E-state index contributed by atoms with van der Waals surface area (Å²) >= 11 is 0. The van der Waals surface area contributed by atoms with Gasteiger partial charge in [0, 0.05) is 30.3 Å². The van der Waals surface area contributed by atoms with Gasteiger partial charge in [0.2, 0.25) is 5.89 Å². The number of aromatic amines is 1. The number of para-hydroxylation sites is 2. The second-order valence-corrected chi connectivity index (χ2v) is 9.28. The van der Waals surface area contributed by atoms with E-state index < -0.39 is 0 Å². The van der Waals surface area contributed by atoms with Gasteiger partial charge in [-0.05, 0) is 44.0 Å². The number of piperidine rings is 1. The number of hydrogen-bond donors (Lipinski definition) is 1. The number of hydrogen-bond acceptors (Lipinski definition) is 4. The van der Waals surface area contributed by atoms with Crippen LogP contribution < -0.4 is 5.69 Å². The smallest absolute Gasteiger partial charge is 0.326 e. The molecule has 0 saturated carbocycles. The number of rotatable bonds is 4. The van der Waals surface area contributed by atoms with Crippen LogP contribution in [-0.2, 0) is 0 Å². The first kappa shape index (κ1) is 22.1. The summed E-state index contributed by atoms with van der Waals surface area (Å²) in [6.45, 7) is 3.19. The van der Waals surface area contributed by atoms with Crippen molar-refractivity contribution in [2.24, 2.45) is 0 Å². The third kappa shape index (κ3) is 3.92. The molecule has 7 heteroatoms. The predicted molar refractivity (Wildman–Crippen MR) is 139 cm³/mol. The molecule has 6 rings (SSSR count). The second kappa shape index (κ2) is 9.00. The molecule has 0 bridgehead atoms. The van der Waals surface area contributed by atoms with Crippen LogP contribution in [0, 0.1) is 6.92 Å². The zero-order chi connectivity index (χ0) is 24.6. The Morgan fingerprint density at radius 2 is 1.69 bits per heavy atom. The van der Waals surface area contributed by atoms with Crippen LogP contribution in [0.25, 0.3) is 33.8 Å². The Morgan fingerprint density at radius 3 is 2.50 bits per heavy atom. The minimum atomic E-state index is -0.0976. The zero-order valence-electron chi connectivity index (χ0n) is 20.0. The van der Waals surface area contributed by atoms with Crippen LogP contribution in [0.1, 0.15) is 34.8 Å². The van der Waals surface area contributed by atoms with Gasteiger partial charge in [-0.15, -0.1) is 0 Å². The van der Waals surface area contributed by atoms with Crippen molar-refractivity contribution < 1.29 is 9.21 Å². The fourth-order valence-electron chi connectivity index (χ4n) is 5.04. The quantitative estimate of drug-likeness (QED) is 0.373. The molecule has 2 aromatic heterocycles. The first-order chi connectivity index (χ1) is 17.6. The number of nitrogens with one attached hydrogen (secondary N) is 1. The molecule has 1 aliphatic rings. The topological polar surface area (TPSA) is 84.1 Å². The van der Waals surface area contributed by atoms with Crippen LogP contribution in [0.15, 0.2) is 88.2 Å². The fourth-order valence-corrected chi connectivity index (χ4v) is 5.04. The van der Waals surface area contributed by atoms with E-state index in [0.717, 1.165) is 16.6 Å². The van der Waals surface area contributed by atoms with Gasteiger partial charge < -0.3 is 14.3 Å². The number of imidazole rings is 1. The highest BCUT2D eigenvalue weighted by molar-refractivity contribution is 6.00. The SMILES string of the molecule is Cc1ccc(-c2cnc(-c3ccccc3C(=O)N3CCC(n4c(=O)[nH]c5ccccc54)CC3)o2)cc1. The van der Waals surface area contributed by atoms with E-state index >= 15 is 0 Å². The molecule has 1 saturated heterocycles. The molecule has 1 aliphatic heterocycles. The van der Waals surface area contributed by atoms with E-state index in [4.69, 9.17) is 4.42 Å². The van der Waals surface area contributed by atoms with Crippen molar-refractivity contribution in [1.29, 1.82) is 0 Å². The van der Waals surface area contributed by atoms with E-state index in [0.29, 0.717) is 48.7 Å². The third-order valence-corrected chi connectivity index (χ3v) is 6.97. The minimum Gasteiger partial charge on any atom is -0.436 e. The molecule has 1 N–H and O–H groups in total. The molecule has 1 fully saturated rings. The summed E-state index contributed by atoms with van der Waals surface area (Å²) in [4.78, 5) is 35.4. The van der Waals surface area contributed by atoms with Crippen molar-refractivity contribution >= 4 is 16.9 Å². The number of carbonyl (C=O) groups excluding carboxylic acids is 1. The van der Waals surface area contributed by atoms with Crippen molar-refractivity contribution in [3.63, 3.8) is 0 Å². The van der Waals surface area contributed by atoms with E-state index in [1.165, 1.54) is 5.56 Å². The van der Waals surface area contributed by atoms with Crippen LogP contribution in [-0.4, -0.2) is 38.4 Å². The molecular formula is C29H26N4O3. The van der Waals surface area contributed by atoms with Gasteiger partial charge in [0.05, 0.1) is 22.8 Å². The molecule has 0 aliphatic carbocycles. The Balaban J connectivity index is 1.22. The number of benzene rings is 3. The number of carbonyl (C=O) groups is 1. The van der Waals surface area contributed by atoms with Gasteiger partial charge in [0.15, 0.2) is 5.76 Å². The van der Waals surface area contributed by atoms with Gasteiger partial charge in [-0.3, -0.25) is 9.36 Å². The molecule has 0 radical (unpaired) electrons. The molecule has 1 amide bonds. The zero-order valence-corrected chi connectivity index (χ0v) is 20.0. The molecular weight excluding hydrogens is 452 g/mol. The molecule has 5 aromatic rings. The average Bonchev–Trinajstić information content (AvgIpc) is 3.53. The lowest BCUT2D eigenvalue weighted by Gasteiger charge is -2.33. The lowest BCUT2D eigenvalue weighted by Crippen LogP contribution is -2.40. The molecule has 180 valence electrons. The molecule has 0 spiro atoms. The highest BCUT2D eigenvalue weighted by atomic mass is 16.4. The average molecular weight is 479 g/mol. The molecule has 0 atom stereocenters. The molecule has 36 heavy (non-hydrogen) atoms. The van der Waals surface area contributed by atoms with Gasteiger partial charge >= 0.3 is 5.69 Å². The number of aryl methyl sites for hydroxylation is 1. The van der Waals surface area contributed by atoms with Gasteiger partial charge in [-0.25, -0.2) is 9.78 Å². The summed E-state index contributed by atoms with van der Waals surface area (Å²) in [6, 6.07) is 23.3. The van der Waals surface area contributed by atoms with Crippen LogP contribution in [0.3, 0.4) is 0 Å². The monoisotopic (exact) mass is 478 g/mol. The predicted octanol–water partition coefficient (Wildman–Crippen LogP) is 5.44. The first-order valence-corrected chi connectivity index (χ1v) is 12.2. The van der Waals surface area contributed by atoms with Gasteiger partial charge in [0.25, 0.3) is 5.91 Å². The molecule has 3 aromatic carbocycles. The maximum absolute atomic E-state index is 13.6. The first-order valence-electron chi connectivity index (χ1n) is 12.2. The van der Waals surface area contributed by atoms with Crippen LogP contribution in [0.5, 0.6) is 0 Å². The summed E-state index contributed by atoms with van der Waals surface area (Å²) in [7, 11) is 0. The summed E-state index contributed by atoms with van der Waals surface area (Å²) in [5.41, 5.74) is 5.01. The van der Waals surface area contributed by atoms with Crippen molar-refractivity contribution in [1.82, 2.24) is 19.4 Å². The summed E-state index contributed by atoms with van der Waals surface area (Å²) in [5.74, 6) is 1.04. The van der Waals surface area contributed by atoms with Gasteiger partial charge in [0.1, 0.15) is 0 Å². The van der Waals surface area contributed by atoms with Crippen LogP contribution in [0.4, 0.5) is 0 Å². The number of nitrogens with zero attached hydrogens (tertiary/aromatic N) is 3. The molecule has 3 heterocycles. The maximum Gasteiger partial charge on any atom is 0.326 e. The molecule has 7 nitrogen and oxygen atoms in total. The maximum atomic E-state index is 13.6. The summed E-state index contributed by atoms with van der Waals surface area (Å²) < 4.78 is 7.91. The summed E-state index contributed by atoms with van der Waals surface area (Å²) in [5, 5.41) is 0. The van der Waals surface area contributed by atoms with Crippen LogP contribution >= 0.6 is 0 Å². The number of H-pyrrole nitrogens is 1. The van der Waals surface area contributed by atoms with E-state index in [9.17, 15) is 9.59 Å². The van der Waals surface area contributed by atoms with Crippen molar-refractivity contribution in [3.8, 4) is 22.8 Å². The second-order valence-electron chi connectivity index (χ2n) is 9.28. The van der Waals surface area contributed by atoms with Gasteiger partial charge in [-0.1, -0.05) is 54.1 Å². The normalized spacial score (nSPS) is 14.4. The van der Waals surface area contributed by atoms with E-state index in [1.54, 1.807) is 6.20 Å². The minimum absolute atomic E-state index is 0.0505.